The molecule has 0 unspecified atom stereocenters. The second-order valence-corrected chi connectivity index (χ2v) is 6.14. The van der Waals surface area contributed by atoms with Crippen molar-refractivity contribution in [3.8, 4) is 0 Å². The van der Waals surface area contributed by atoms with E-state index in [0.717, 1.165) is 36.3 Å². The lowest BCUT2D eigenvalue weighted by Crippen LogP contribution is -2.30. The molecule has 96 valence electrons. The van der Waals surface area contributed by atoms with Crippen LogP contribution in [0.1, 0.15) is 23.8 Å². The molecule has 0 fully saturated rings. The van der Waals surface area contributed by atoms with Crippen molar-refractivity contribution in [1.82, 2.24) is 14.9 Å². The summed E-state index contributed by atoms with van der Waals surface area (Å²) >= 11 is 6.82. The standard InChI is InChI=1S/C12H16N4S2/c1-2-4-16-5-3-7-8(6-16)18-11-9(7)10(13)14-12(17)15-11/h2-6H2,1H3,(H3,13,14,15,17). The first kappa shape index (κ1) is 12.1. The van der Waals surface area contributed by atoms with Gasteiger partial charge in [0.15, 0.2) is 4.77 Å². The van der Waals surface area contributed by atoms with Gasteiger partial charge in [0.2, 0.25) is 0 Å². The van der Waals surface area contributed by atoms with Crippen molar-refractivity contribution in [2.45, 2.75) is 26.3 Å². The summed E-state index contributed by atoms with van der Waals surface area (Å²) in [6.45, 7) is 5.52. The number of rotatable bonds is 2. The number of fused-ring (bicyclic) bond motifs is 3. The van der Waals surface area contributed by atoms with Crippen molar-refractivity contribution in [2.75, 3.05) is 18.8 Å². The van der Waals surface area contributed by atoms with E-state index in [1.807, 2.05) is 0 Å². The third-order valence-electron chi connectivity index (χ3n) is 3.37. The average Bonchev–Trinajstić information content (AvgIpc) is 2.66. The molecule has 1 aliphatic rings. The summed E-state index contributed by atoms with van der Waals surface area (Å²) in [6, 6.07) is 0. The Morgan fingerprint density at radius 2 is 2.39 bits per heavy atom. The number of aromatic amines is 1. The van der Waals surface area contributed by atoms with Crippen LogP contribution in [0.4, 0.5) is 5.82 Å². The number of nitrogens with one attached hydrogen (secondary N) is 1. The number of nitrogen functional groups attached to an aromatic ring is 1. The molecule has 0 radical (unpaired) electrons. The monoisotopic (exact) mass is 280 g/mol. The number of anilines is 1. The van der Waals surface area contributed by atoms with Crippen LogP contribution < -0.4 is 5.73 Å². The number of aromatic nitrogens is 2. The topological polar surface area (TPSA) is 57.9 Å². The Hall–Kier alpha value is -0.980. The van der Waals surface area contributed by atoms with Gasteiger partial charge in [-0.15, -0.1) is 11.3 Å². The number of nitrogens with zero attached hydrogens (tertiary/aromatic N) is 2. The Morgan fingerprint density at radius 1 is 1.56 bits per heavy atom. The van der Waals surface area contributed by atoms with Crippen molar-refractivity contribution < 1.29 is 0 Å². The van der Waals surface area contributed by atoms with Gasteiger partial charge in [-0.1, -0.05) is 6.92 Å². The van der Waals surface area contributed by atoms with E-state index < -0.39 is 0 Å². The van der Waals surface area contributed by atoms with Crippen molar-refractivity contribution in [3.05, 3.63) is 15.2 Å². The van der Waals surface area contributed by atoms with Crippen LogP contribution in [0.2, 0.25) is 0 Å². The van der Waals surface area contributed by atoms with E-state index >= 15 is 0 Å². The van der Waals surface area contributed by atoms with E-state index in [4.69, 9.17) is 18.0 Å². The highest BCUT2D eigenvalue weighted by Gasteiger charge is 2.22. The van der Waals surface area contributed by atoms with Gasteiger partial charge in [-0.2, -0.15) is 0 Å². The second kappa shape index (κ2) is 4.60. The summed E-state index contributed by atoms with van der Waals surface area (Å²) in [4.78, 5) is 12.2. The molecular weight excluding hydrogens is 264 g/mol. The first-order valence-electron chi connectivity index (χ1n) is 6.21. The highest BCUT2D eigenvalue weighted by atomic mass is 32.1. The third kappa shape index (κ3) is 1.94. The first-order chi connectivity index (χ1) is 8.69. The minimum absolute atomic E-state index is 0.476. The van der Waals surface area contributed by atoms with Crippen LogP contribution in [0, 0.1) is 4.77 Å². The molecule has 1 aliphatic heterocycles. The lowest BCUT2D eigenvalue weighted by Gasteiger charge is -2.26. The fourth-order valence-corrected chi connectivity index (χ4v) is 4.14. The normalized spacial score (nSPS) is 16.1. The Morgan fingerprint density at radius 3 is 3.17 bits per heavy atom. The summed E-state index contributed by atoms with van der Waals surface area (Å²) in [5, 5.41) is 1.10. The predicted octanol–water partition coefficient (Wildman–Crippen LogP) is 2.70. The summed E-state index contributed by atoms with van der Waals surface area (Å²) in [7, 11) is 0. The highest BCUT2D eigenvalue weighted by Crippen LogP contribution is 2.36. The summed E-state index contributed by atoms with van der Waals surface area (Å²) < 4.78 is 0.476. The minimum atomic E-state index is 0.476. The van der Waals surface area contributed by atoms with Gasteiger partial charge >= 0.3 is 0 Å². The molecule has 6 heteroatoms. The van der Waals surface area contributed by atoms with Gasteiger partial charge in [0.25, 0.3) is 0 Å². The molecule has 0 aliphatic carbocycles. The second-order valence-electron chi connectivity index (χ2n) is 4.67. The molecule has 0 amide bonds. The van der Waals surface area contributed by atoms with E-state index in [0.29, 0.717) is 10.6 Å². The maximum Gasteiger partial charge on any atom is 0.199 e. The largest absolute Gasteiger partial charge is 0.385 e. The van der Waals surface area contributed by atoms with Gasteiger partial charge in [0.1, 0.15) is 10.6 Å². The fourth-order valence-electron chi connectivity index (χ4n) is 2.60. The molecule has 0 spiro atoms. The Bertz CT molecular complexity index is 643. The average molecular weight is 280 g/mol. The van der Waals surface area contributed by atoms with Crippen LogP contribution in [0.5, 0.6) is 0 Å². The Balaban J connectivity index is 2.10. The molecule has 0 bridgehead atoms. The van der Waals surface area contributed by atoms with Crippen molar-refractivity contribution in [2.24, 2.45) is 0 Å². The molecule has 3 N–H and O–H groups in total. The van der Waals surface area contributed by atoms with Crippen molar-refractivity contribution in [3.63, 3.8) is 0 Å². The summed E-state index contributed by atoms with van der Waals surface area (Å²) in [5.74, 6) is 0.673. The molecule has 3 heterocycles. The van der Waals surface area contributed by atoms with Gasteiger partial charge < -0.3 is 10.7 Å². The van der Waals surface area contributed by atoms with Crippen LogP contribution in [0.3, 0.4) is 0 Å². The zero-order chi connectivity index (χ0) is 12.7. The molecule has 2 aromatic rings. The SMILES string of the molecule is CCCN1CCc2c(sc3nc(=S)[nH]c(N)c23)C1. The van der Waals surface area contributed by atoms with E-state index in [9.17, 15) is 0 Å². The van der Waals surface area contributed by atoms with Crippen LogP contribution in [0.15, 0.2) is 0 Å². The van der Waals surface area contributed by atoms with Crippen LogP contribution in [0.25, 0.3) is 10.2 Å². The zero-order valence-corrected chi connectivity index (χ0v) is 12.0. The minimum Gasteiger partial charge on any atom is -0.385 e. The van der Waals surface area contributed by atoms with Crippen LogP contribution >= 0.6 is 23.6 Å². The Kier molecular flexibility index (Phi) is 3.09. The first-order valence-corrected chi connectivity index (χ1v) is 7.44. The van der Waals surface area contributed by atoms with Gasteiger partial charge in [0.05, 0.1) is 5.39 Å². The number of H-pyrrole nitrogens is 1. The van der Waals surface area contributed by atoms with Crippen molar-refractivity contribution in [1.29, 1.82) is 0 Å². The van der Waals surface area contributed by atoms with Gasteiger partial charge in [-0.05, 0) is 37.2 Å². The fraction of sp³-hybridized carbons (Fsp3) is 0.500. The Labute approximate surface area is 115 Å². The number of thiophene rings is 1. The predicted molar refractivity (Wildman–Crippen MR) is 78.5 cm³/mol. The highest BCUT2D eigenvalue weighted by molar-refractivity contribution is 7.71. The number of hydrogen-bond acceptors (Lipinski definition) is 5. The zero-order valence-electron chi connectivity index (χ0n) is 10.3. The van der Waals surface area contributed by atoms with E-state index in [2.05, 4.69) is 21.8 Å². The number of hydrogen-bond donors (Lipinski definition) is 2. The maximum absolute atomic E-state index is 6.05. The maximum atomic E-state index is 6.05. The molecule has 0 saturated carbocycles. The quantitative estimate of drug-likeness (QED) is 0.830. The van der Waals surface area contributed by atoms with Gasteiger partial charge in [0, 0.05) is 18.0 Å². The smallest absolute Gasteiger partial charge is 0.199 e. The molecule has 0 saturated heterocycles. The molecule has 18 heavy (non-hydrogen) atoms. The third-order valence-corrected chi connectivity index (χ3v) is 4.68. The van der Waals surface area contributed by atoms with E-state index in [1.54, 1.807) is 11.3 Å². The van der Waals surface area contributed by atoms with Gasteiger partial charge in [-0.3, -0.25) is 4.90 Å². The van der Waals surface area contributed by atoms with Crippen LogP contribution in [-0.4, -0.2) is 28.0 Å². The molecule has 4 nitrogen and oxygen atoms in total. The van der Waals surface area contributed by atoms with Gasteiger partial charge in [-0.25, -0.2) is 4.98 Å². The molecule has 0 atom stereocenters. The molecule has 0 aromatic carbocycles. The summed E-state index contributed by atoms with van der Waals surface area (Å²) in [5.41, 5.74) is 7.42. The molecule has 3 rings (SSSR count). The van der Waals surface area contributed by atoms with Crippen molar-refractivity contribution >= 4 is 39.6 Å². The molecule has 2 aromatic heterocycles. The van der Waals surface area contributed by atoms with E-state index in [1.165, 1.54) is 16.9 Å². The lowest BCUT2D eigenvalue weighted by molar-refractivity contribution is 0.258. The van der Waals surface area contributed by atoms with Crippen LogP contribution in [-0.2, 0) is 13.0 Å². The summed E-state index contributed by atoms with van der Waals surface area (Å²) in [6.07, 6.45) is 2.26. The molecular formula is C12H16N4S2. The van der Waals surface area contributed by atoms with E-state index in [-0.39, 0.29) is 0 Å². The number of nitrogens with two attached hydrogens (primary N) is 1. The lowest BCUT2D eigenvalue weighted by atomic mass is 10.1.